The van der Waals surface area contributed by atoms with Gasteiger partial charge in [-0.1, -0.05) is 24.3 Å². The second kappa shape index (κ2) is 11.7. The molecule has 2 aromatic carbocycles. The lowest BCUT2D eigenvalue weighted by molar-refractivity contribution is -0.384. The fourth-order valence-electron chi connectivity index (χ4n) is 5.15. The number of nitrogens with zero attached hydrogens (tertiary/aromatic N) is 2. The van der Waals surface area contributed by atoms with E-state index in [0.29, 0.717) is 43.4 Å². The van der Waals surface area contributed by atoms with Crippen LogP contribution in [-0.4, -0.2) is 59.3 Å². The predicted molar refractivity (Wildman–Crippen MR) is 138 cm³/mol. The van der Waals surface area contributed by atoms with Crippen LogP contribution in [0.4, 0.5) is 10.1 Å². The molecule has 0 radical (unpaired) electrons. The smallest absolute Gasteiger partial charge is 0.269 e. The van der Waals surface area contributed by atoms with Crippen molar-refractivity contribution in [3.63, 3.8) is 0 Å². The Labute approximate surface area is 220 Å². The van der Waals surface area contributed by atoms with Crippen molar-refractivity contribution in [2.75, 3.05) is 13.6 Å². The largest absolute Gasteiger partial charge is 0.347 e. The van der Waals surface area contributed by atoms with E-state index in [1.807, 2.05) is 6.07 Å². The highest BCUT2D eigenvalue weighted by atomic mass is 19.1. The molecule has 10 nitrogen and oxygen atoms in total. The number of nitro groups is 1. The molecular formula is C27H32FN5O5. The SMILES string of the molecule is CN[C@@H](C)C(=O)N[C@@H](Cc1ccc([N+](=O)[O-])cc1)C(=O)N1CCC[C@H]1C(=O)N[C@@H]1CCc2c(F)cccc21. The molecule has 11 heteroatoms. The molecule has 38 heavy (non-hydrogen) atoms. The molecule has 1 saturated heterocycles. The van der Waals surface area contributed by atoms with Gasteiger partial charge in [-0.05, 0) is 62.4 Å². The normalized spacial score (nSPS) is 19.9. The second-order valence-corrected chi connectivity index (χ2v) is 9.80. The standard InChI is InChI=1S/C27H32FN5O5/c1-16(29-2)25(34)31-23(15-17-8-10-18(11-9-17)33(37)38)27(36)32-14-4-7-24(32)26(35)30-22-13-12-19-20(22)5-3-6-21(19)28/h3,5-6,8-11,16,22-24,29H,4,7,12-15H2,1-2H3,(H,30,35)(H,31,34)/t16-,22+,23-,24-/m0/s1. The third-order valence-electron chi connectivity index (χ3n) is 7.40. The Morgan fingerprint density at radius 1 is 1.16 bits per heavy atom. The van der Waals surface area contributed by atoms with Crippen molar-refractivity contribution < 1.29 is 23.7 Å². The van der Waals surface area contributed by atoms with Gasteiger partial charge in [-0.3, -0.25) is 24.5 Å². The maximum atomic E-state index is 14.1. The van der Waals surface area contributed by atoms with Crippen LogP contribution >= 0.6 is 0 Å². The van der Waals surface area contributed by atoms with Crippen molar-refractivity contribution in [2.24, 2.45) is 0 Å². The Bertz CT molecular complexity index is 1220. The summed E-state index contributed by atoms with van der Waals surface area (Å²) < 4.78 is 14.1. The molecule has 4 rings (SSSR count). The van der Waals surface area contributed by atoms with Crippen LogP contribution in [0.5, 0.6) is 0 Å². The lowest BCUT2D eigenvalue weighted by Crippen LogP contribution is -2.56. The number of hydrogen-bond acceptors (Lipinski definition) is 6. The molecule has 3 amide bonds. The first-order valence-corrected chi connectivity index (χ1v) is 12.8. The van der Waals surface area contributed by atoms with Crippen molar-refractivity contribution in [1.82, 2.24) is 20.9 Å². The second-order valence-electron chi connectivity index (χ2n) is 9.80. The number of carbonyl (C=O) groups excluding carboxylic acids is 3. The topological polar surface area (TPSA) is 134 Å². The van der Waals surface area contributed by atoms with Gasteiger partial charge in [-0.2, -0.15) is 0 Å². The number of halogens is 1. The van der Waals surface area contributed by atoms with Gasteiger partial charge in [-0.25, -0.2) is 4.39 Å². The summed E-state index contributed by atoms with van der Waals surface area (Å²) in [5, 5.41) is 19.6. The lowest BCUT2D eigenvalue weighted by Gasteiger charge is -2.30. The van der Waals surface area contributed by atoms with Gasteiger partial charge in [0.2, 0.25) is 17.7 Å². The zero-order valence-corrected chi connectivity index (χ0v) is 21.4. The van der Waals surface area contributed by atoms with E-state index in [2.05, 4.69) is 16.0 Å². The van der Waals surface area contributed by atoms with Gasteiger partial charge in [-0.15, -0.1) is 0 Å². The summed E-state index contributed by atoms with van der Waals surface area (Å²) in [6, 6.07) is 8.11. The van der Waals surface area contributed by atoms with Gasteiger partial charge in [0.25, 0.3) is 5.69 Å². The number of nitro benzene ring substituents is 1. The summed E-state index contributed by atoms with van der Waals surface area (Å²) in [5.74, 6) is -1.35. The molecule has 3 N–H and O–H groups in total. The molecular weight excluding hydrogens is 493 g/mol. The number of likely N-dealkylation sites (tertiary alicyclic amines) is 1. The van der Waals surface area contributed by atoms with E-state index in [4.69, 9.17) is 0 Å². The van der Waals surface area contributed by atoms with E-state index >= 15 is 0 Å². The van der Waals surface area contributed by atoms with Gasteiger partial charge in [0, 0.05) is 25.1 Å². The van der Waals surface area contributed by atoms with Gasteiger partial charge >= 0.3 is 0 Å². The Morgan fingerprint density at radius 3 is 2.58 bits per heavy atom. The molecule has 0 spiro atoms. The maximum Gasteiger partial charge on any atom is 0.269 e. The number of fused-ring (bicyclic) bond motifs is 1. The Kier molecular flexibility index (Phi) is 8.35. The van der Waals surface area contributed by atoms with E-state index in [1.54, 1.807) is 32.2 Å². The molecule has 1 aliphatic carbocycles. The van der Waals surface area contributed by atoms with E-state index < -0.39 is 29.0 Å². The molecule has 1 aliphatic heterocycles. The first-order valence-electron chi connectivity index (χ1n) is 12.8. The lowest BCUT2D eigenvalue weighted by atomic mass is 10.0. The fraction of sp³-hybridized carbons (Fsp3) is 0.444. The highest BCUT2D eigenvalue weighted by Crippen LogP contribution is 2.33. The van der Waals surface area contributed by atoms with E-state index in [-0.39, 0.29) is 35.8 Å². The van der Waals surface area contributed by atoms with Crippen LogP contribution in [0.1, 0.15) is 48.9 Å². The molecule has 2 aromatic rings. The highest BCUT2D eigenvalue weighted by Gasteiger charge is 2.39. The molecule has 0 bridgehead atoms. The number of carbonyl (C=O) groups is 3. The van der Waals surface area contributed by atoms with Crippen molar-refractivity contribution in [3.05, 3.63) is 75.1 Å². The molecule has 4 atom stereocenters. The van der Waals surface area contributed by atoms with Crippen LogP contribution in [0.15, 0.2) is 42.5 Å². The number of benzene rings is 2. The third kappa shape index (κ3) is 5.83. The van der Waals surface area contributed by atoms with E-state index in [1.165, 1.54) is 23.1 Å². The summed E-state index contributed by atoms with van der Waals surface area (Å²) in [6.45, 7) is 2.03. The zero-order valence-electron chi connectivity index (χ0n) is 21.4. The third-order valence-corrected chi connectivity index (χ3v) is 7.40. The van der Waals surface area contributed by atoms with Gasteiger partial charge in [0.1, 0.15) is 17.9 Å². The monoisotopic (exact) mass is 525 g/mol. The number of amides is 3. The van der Waals surface area contributed by atoms with Crippen molar-refractivity contribution in [1.29, 1.82) is 0 Å². The first kappa shape index (κ1) is 27.2. The average Bonchev–Trinajstić information content (AvgIpc) is 3.56. The molecule has 202 valence electrons. The summed E-state index contributed by atoms with van der Waals surface area (Å²) in [4.78, 5) is 51.7. The summed E-state index contributed by atoms with van der Waals surface area (Å²) in [6.07, 6.45) is 2.34. The van der Waals surface area contributed by atoms with Crippen LogP contribution < -0.4 is 16.0 Å². The molecule has 1 fully saturated rings. The summed E-state index contributed by atoms with van der Waals surface area (Å²) in [7, 11) is 1.63. The Balaban J connectivity index is 1.50. The van der Waals surface area contributed by atoms with E-state index in [0.717, 1.165) is 5.56 Å². The average molecular weight is 526 g/mol. The predicted octanol–water partition coefficient (Wildman–Crippen LogP) is 2.16. The number of likely N-dealkylation sites (N-methyl/N-ethyl adjacent to an activating group) is 1. The Hall–Kier alpha value is -3.86. The van der Waals surface area contributed by atoms with E-state index in [9.17, 15) is 28.9 Å². The van der Waals surface area contributed by atoms with Gasteiger partial charge in [0.15, 0.2) is 0 Å². The van der Waals surface area contributed by atoms with Crippen molar-refractivity contribution in [2.45, 2.75) is 63.2 Å². The van der Waals surface area contributed by atoms with Crippen molar-refractivity contribution >= 4 is 23.4 Å². The first-order chi connectivity index (χ1) is 18.2. The summed E-state index contributed by atoms with van der Waals surface area (Å²) >= 11 is 0. The molecule has 0 aromatic heterocycles. The van der Waals surface area contributed by atoms with Crippen LogP contribution in [-0.2, 0) is 27.2 Å². The van der Waals surface area contributed by atoms with Crippen molar-refractivity contribution in [3.8, 4) is 0 Å². The highest BCUT2D eigenvalue weighted by molar-refractivity contribution is 5.93. The molecule has 0 unspecified atom stereocenters. The fourth-order valence-corrected chi connectivity index (χ4v) is 5.15. The number of rotatable bonds is 9. The van der Waals surface area contributed by atoms with Crippen LogP contribution in [0, 0.1) is 15.9 Å². The van der Waals surface area contributed by atoms with Crippen LogP contribution in [0.25, 0.3) is 0 Å². The summed E-state index contributed by atoms with van der Waals surface area (Å²) in [5.41, 5.74) is 1.94. The van der Waals surface area contributed by atoms with Gasteiger partial charge < -0.3 is 20.9 Å². The molecule has 0 saturated carbocycles. The van der Waals surface area contributed by atoms with Gasteiger partial charge in [0.05, 0.1) is 17.0 Å². The minimum Gasteiger partial charge on any atom is -0.347 e. The minimum absolute atomic E-state index is 0.0749. The number of non-ortho nitro benzene ring substituents is 1. The zero-order chi connectivity index (χ0) is 27.4. The quantitative estimate of drug-likeness (QED) is 0.339. The number of nitrogens with one attached hydrogen (secondary N) is 3. The molecule has 1 heterocycles. The van der Waals surface area contributed by atoms with Crippen LogP contribution in [0.3, 0.4) is 0 Å². The van der Waals surface area contributed by atoms with Crippen LogP contribution in [0.2, 0.25) is 0 Å². The minimum atomic E-state index is -0.963. The Morgan fingerprint density at radius 2 is 1.89 bits per heavy atom. The maximum absolute atomic E-state index is 14.1. The number of hydrogen-bond donors (Lipinski definition) is 3. The molecule has 2 aliphatic rings.